The van der Waals surface area contributed by atoms with Crippen LogP contribution in [0, 0.1) is 9.39 Å². The normalized spacial score (nSPS) is 14.3. The molecule has 0 radical (unpaired) electrons. The van der Waals surface area contributed by atoms with Crippen molar-refractivity contribution < 1.29 is 14.6 Å². The fourth-order valence-corrected chi connectivity index (χ4v) is 3.19. The van der Waals surface area contributed by atoms with E-state index in [4.69, 9.17) is 5.11 Å². The topological polar surface area (TPSA) is 90.1 Å². The van der Waals surface area contributed by atoms with Crippen LogP contribution >= 0.6 is 22.6 Å². The van der Waals surface area contributed by atoms with E-state index in [0.29, 0.717) is 22.8 Å². The minimum Gasteiger partial charge on any atom is -0.394 e. The van der Waals surface area contributed by atoms with E-state index in [-0.39, 0.29) is 17.8 Å². The minimum absolute atomic E-state index is 0.0818. The highest BCUT2D eigenvalue weighted by atomic mass is 127. The Morgan fingerprint density at radius 3 is 2.78 bits per heavy atom. The number of halogens is 2. The second-order valence-corrected chi connectivity index (χ2v) is 7.33. The summed E-state index contributed by atoms with van der Waals surface area (Å²) in [6.07, 6.45) is 0.463. The molecule has 1 aliphatic rings. The van der Waals surface area contributed by atoms with Gasteiger partial charge in [-0.25, -0.2) is 9.38 Å². The van der Waals surface area contributed by atoms with Gasteiger partial charge in [-0.1, -0.05) is 6.58 Å². The van der Waals surface area contributed by atoms with Crippen LogP contribution in [-0.2, 0) is 7.05 Å². The number of rotatable bonds is 5. The van der Waals surface area contributed by atoms with Gasteiger partial charge < -0.3 is 20.4 Å². The van der Waals surface area contributed by atoms with E-state index in [2.05, 4.69) is 16.9 Å². The van der Waals surface area contributed by atoms with Crippen LogP contribution in [0.4, 0.5) is 21.6 Å². The zero-order chi connectivity index (χ0) is 19.7. The highest BCUT2D eigenvalue weighted by Crippen LogP contribution is 2.37. The summed E-state index contributed by atoms with van der Waals surface area (Å²) >= 11 is 2.01. The summed E-state index contributed by atoms with van der Waals surface area (Å²) in [6, 6.07) is 6.07. The van der Waals surface area contributed by atoms with Crippen molar-refractivity contribution in [2.75, 3.05) is 18.5 Å². The molecule has 0 saturated heterocycles. The first kappa shape index (κ1) is 19.5. The van der Waals surface area contributed by atoms with Gasteiger partial charge in [0.2, 0.25) is 0 Å². The second-order valence-electron chi connectivity index (χ2n) is 6.08. The third-order valence-corrected chi connectivity index (χ3v) is 4.85. The maximum Gasteiger partial charge on any atom is 0.254 e. The summed E-state index contributed by atoms with van der Waals surface area (Å²) in [7, 11) is 1.58. The number of β-amino-alcohol motifs (C(OH)–C–C–N with tert-alkyl or cyclic N) is 1. The Hall–Kier alpha value is -2.24. The molecule has 2 aromatic rings. The highest BCUT2D eigenvalue weighted by Gasteiger charge is 2.25. The predicted octanol–water partition coefficient (Wildman–Crippen LogP) is 2.17. The molecular weight excluding hydrogens is 466 g/mol. The number of nitrogens with one attached hydrogen (secondary N) is 1. The average molecular weight is 484 g/mol. The molecule has 0 amide bonds. The van der Waals surface area contributed by atoms with E-state index in [1.54, 1.807) is 24.1 Å². The molecule has 3 N–H and O–H groups in total. The Morgan fingerprint density at radius 1 is 1.37 bits per heavy atom. The van der Waals surface area contributed by atoms with Crippen LogP contribution < -0.4 is 10.9 Å². The lowest BCUT2D eigenvalue weighted by Gasteiger charge is -2.30. The van der Waals surface area contributed by atoms with Gasteiger partial charge in [0.05, 0.1) is 42.5 Å². The van der Waals surface area contributed by atoms with Crippen molar-refractivity contribution >= 4 is 51.8 Å². The van der Waals surface area contributed by atoms with E-state index in [0.717, 1.165) is 3.57 Å². The number of hydrogen-bond donors (Lipinski definition) is 3. The number of pyridine rings is 1. The van der Waals surface area contributed by atoms with Crippen LogP contribution in [0.5, 0.6) is 0 Å². The largest absolute Gasteiger partial charge is 0.394 e. The van der Waals surface area contributed by atoms with Crippen molar-refractivity contribution in [3.8, 4) is 0 Å². The molecule has 1 aromatic carbocycles. The van der Waals surface area contributed by atoms with Gasteiger partial charge in [0.25, 0.3) is 5.56 Å². The van der Waals surface area contributed by atoms with Crippen molar-refractivity contribution in [2.45, 2.75) is 6.10 Å². The van der Waals surface area contributed by atoms with Crippen molar-refractivity contribution in [3.63, 3.8) is 0 Å². The van der Waals surface area contributed by atoms with Crippen LogP contribution in [0.1, 0.15) is 5.56 Å². The number of fused-ring (bicyclic) bond motifs is 1. The Morgan fingerprint density at radius 2 is 2.11 bits per heavy atom. The molecule has 1 aromatic heterocycles. The molecule has 0 unspecified atom stereocenters. The van der Waals surface area contributed by atoms with E-state index in [9.17, 15) is 14.3 Å². The SMILES string of the molecule is C=C1c2c(Nc3ccc(I)cc3F)cc(=O)n(C)c2N=CN1C[C@H](O)CO. The minimum atomic E-state index is -0.979. The summed E-state index contributed by atoms with van der Waals surface area (Å²) in [5.41, 5.74) is 1.25. The number of aromatic nitrogens is 1. The second kappa shape index (κ2) is 7.79. The maximum absolute atomic E-state index is 14.3. The number of anilines is 2. The van der Waals surface area contributed by atoms with Crippen LogP contribution in [0.3, 0.4) is 0 Å². The molecule has 0 spiro atoms. The summed E-state index contributed by atoms with van der Waals surface area (Å²) in [5.74, 6) is -0.0792. The average Bonchev–Trinajstić information content (AvgIpc) is 2.63. The van der Waals surface area contributed by atoms with E-state index >= 15 is 0 Å². The van der Waals surface area contributed by atoms with Gasteiger partial charge >= 0.3 is 0 Å². The summed E-state index contributed by atoms with van der Waals surface area (Å²) in [4.78, 5) is 18.2. The lowest BCUT2D eigenvalue weighted by atomic mass is 10.1. The molecule has 3 rings (SSSR count). The number of benzene rings is 1. The molecule has 1 atom stereocenters. The molecule has 27 heavy (non-hydrogen) atoms. The van der Waals surface area contributed by atoms with Gasteiger partial charge in [-0.05, 0) is 40.8 Å². The molecule has 7 nitrogen and oxygen atoms in total. The number of nitrogens with zero attached hydrogens (tertiary/aromatic N) is 3. The molecular formula is C18H18FIN4O3. The first-order chi connectivity index (χ1) is 12.8. The van der Waals surface area contributed by atoms with Gasteiger partial charge in [0, 0.05) is 22.4 Å². The zero-order valence-electron chi connectivity index (χ0n) is 14.5. The lowest BCUT2D eigenvalue weighted by molar-refractivity contribution is 0.0855. The van der Waals surface area contributed by atoms with E-state index in [1.807, 2.05) is 22.6 Å². The first-order valence-corrected chi connectivity index (χ1v) is 9.14. The van der Waals surface area contributed by atoms with Crippen molar-refractivity contribution in [1.29, 1.82) is 0 Å². The molecule has 0 fully saturated rings. The van der Waals surface area contributed by atoms with E-state index in [1.165, 1.54) is 23.0 Å². The van der Waals surface area contributed by atoms with Gasteiger partial charge in [-0.3, -0.25) is 9.36 Å². The zero-order valence-corrected chi connectivity index (χ0v) is 16.6. The fourth-order valence-electron chi connectivity index (χ4n) is 2.73. The molecule has 2 heterocycles. The quantitative estimate of drug-likeness (QED) is 0.567. The molecule has 0 bridgehead atoms. The van der Waals surface area contributed by atoms with Gasteiger partial charge in [-0.15, -0.1) is 0 Å². The Labute approximate surface area is 168 Å². The molecule has 0 saturated carbocycles. The Kier molecular flexibility index (Phi) is 5.63. The summed E-state index contributed by atoms with van der Waals surface area (Å²) in [6.45, 7) is 3.70. The number of aliphatic imine (C=N–C) groups is 1. The monoisotopic (exact) mass is 484 g/mol. The predicted molar refractivity (Wildman–Crippen MR) is 111 cm³/mol. The Balaban J connectivity index is 2.07. The van der Waals surface area contributed by atoms with Gasteiger partial charge in [0.1, 0.15) is 11.6 Å². The van der Waals surface area contributed by atoms with Gasteiger partial charge in [-0.2, -0.15) is 0 Å². The van der Waals surface area contributed by atoms with Gasteiger partial charge in [0.15, 0.2) is 0 Å². The first-order valence-electron chi connectivity index (χ1n) is 8.07. The third kappa shape index (κ3) is 3.89. The van der Waals surface area contributed by atoms with Crippen LogP contribution in [0.2, 0.25) is 0 Å². The van der Waals surface area contributed by atoms with Crippen LogP contribution in [0.15, 0.2) is 40.6 Å². The molecule has 1 aliphatic heterocycles. The smallest absolute Gasteiger partial charge is 0.254 e. The summed E-state index contributed by atoms with van der Waals surface area (Å²) in [5, 5.41) is 21.8. The Bertz CT molecular complexity index is 989. The number of hydrogen-bond acceptors (Lipinski definition) is 6. The standard InChI is InChI=1S/C18H18FIN4O3/c1-10-17-15(22-14-4-3-11(20)5-13(14)19)6-16(27)23(2)18(17)21-9-24(10)7-12(26)8-25/h3-6,9,12,22,25-26H,1,7-8H2,2H3/t12-/m0/s1. The van der Waals surface area contributed by atoms with E-state index < -0.39 is 18.5 Å². The molecule has 142 valence electrons. The third-order valence-electron chi connectivity index (χ3n) is 4.18. The summed E-state index contributed by atoms with van der Waals surface area (Å²) < 4.78 is 16.4. The van der Waals surface area contributed by atoms with Crippen LogP contribution in [-0.4, -0.2) is 45.3 Å². The van der Waals surface area contributed by atoms with Crippen molar-refractivity contribution in [2.24, 2.45) is 12.0 Å². The number of aliphatic hydroxyl groups is 2. The fraction of sp³-hybridized carbons (Fsp3) is 0.222. The van der Waals surface area contributed by atoms with Crippen molar-refractivity contribution in [3.05, 3.63) is 56.1 Å². The molecule has 9 heteroatoms. The maximum atomic E-state index is 14.3. The lowest BCUT2D eigenvalue weighted by Crippen LogP contribution is -2.34. The molecule has 0 aliphatic carbocycles. The number of aliphatic hydroxyl groups excluding tert-OH is 2. The van der Waals surface area contributed by atoms with Crippen molar-refractivity contribution in [1.82, 2.24) is 9.47 Å². The highest BCUT2D eigenvalue weighted by molar-refractivity contribution is 14.1. The van der Waals surface area contributed by atoms with Crippen LogP contribution in [0.25, 0.3) is 5.70 Å².